The number of tetrazole rings is 1. The van der Waals surface area contributed by atoms with Gasteiger partial charge in [-0.25, -0.2) is 9.97 Å². The topological polar surface area (TPSA) is 110 Å². The van der Waals surface area contributed by atoms with E-state index in [0.29, 0.717) is 22.1 Å². The summed E-state index contributed by atoms with van der Waals surface area (Å²) in [5.41, 5.74) is 2.70. The molecular weight excluding hydrogens is 406 g/mol. The van der Waals surface area contributed by atoms with Crippen LogP contribution in [-0.2, 0) is 4.79 Å². The molecule has 0 bridgehead atoms. The first-order chi connectivity index (χ1) is 14.5. The number of carboxylic acids is 1. The number of hydrogen-bond donors (Lipinski definition) is 1. The Morgan fingerprint density at radius 3 is 2.57 bits per heavy atom. The third-order valence-corrected chi connectivity index (χ3v) is 4.57. The highest BCUT2D eigenvalue weighted by Crippen LogP contribution is 2.31. The first-order valence-corrected chi connectivity index (χ1v) is 9.31. The van der Waals surface area contributed by atoms with E-state index in [1.165, 1.54) is 4.90 Å². The van der Waals surface area contributed by atoms with E-state index >= 15 is 0 Å². The normalized spacial score (nSPS) is 10.7. The highest BCUT2D eigenvalue weighted by atomic mass is 35.5. The zero-order chi connectivity index (χ0) is 21.1. The van der Waals surface area contributed by atoms with E-state index in [4.69, 9.17) is 16.7 Å². The summed E-state index contributed by atoms with van der Waals surface area (Å²) in [6.07, 6.45) is 1.59. The summed E-state index contributed by atoms with van der Waals surface area (Å²) in [6.45, 7) is -0.235. The van der Waals surface area contributed by atoms with Gasteiger partial charge >= 0.3 is 5.97 Å². The van der Waals surface area contributed by atoms with Crippen molar-refractivity contribution in [2.75, 3.05) is 18.5 Å². The smallest absolute Gasteiger partial charge is 0.323 e. The van der Waals surface area contributed by atoms with Crippen LogP contribution in [0.25, 0.3) is 28.3 Å². The maximum absolute atomic E-state index is 11.1. The number of benzene rings is 2. The SMILES string of the molecule is CN(CC(=O)O)c1ncc(-c2nnnn2-c2ccccc2)c(-c2ccc(Cl)cc2)n1. The number of nitrogens with zero attached hydrogens (tertiary/aromatic N) is 7. The largest absolute Gasteiger partial charge is 0.480 e. The van der Waals surface area contributed by atoms with Crippen molar-refractivity contribution in [3.8, 4) is 28.3 Å². The lowest BCUT2D eigenvalue weighted by atomic mass is 10.1. The second-order valence-electron chi connectivity index (χ2n) is 6.44. The van der Waals surface area contributed by atoms with E-state index < -0.39 is 5.97 Å². The molecule has 2 heterocycles. The van der Waals surface area contributed by atoms with Crippen LogP contribution >= 0.6 is 11.6 Å². The third-order valence-electron chi connectivity index (χ3n) is 4.32. The fourth-order valence-corrected chi connectivity index (χ4v) is 3.05. The Morgan fingerprint density at radius 2 is 1.87 bits per heavy atom. The molecule has 2 aromatic carbocycles. The summed E-state index contributed by atoms with van der Waals surface area (Å²) in [7, 11) is 1.61. The molecule has 4 aromatic rings. The number of carboxylic acid groups (broad SMARTS) is 1. The van der Waals surface area contributed by atoms with Gasteiger partial charge in [0, 0.05) is 23.8 Å². The molecule has 30 heavy (non-hydrogen) atoms. The number of para-hydroxylation sites is 1. The minimum absolute atomic E-state index is 0.235. The van der Waals surface area contributed by atoms with Gasteiger partial charge < -0.3 is 10.0 Å². The second kappa shape index (κ2) is 8.26. The molecule has 2 aromatic heterocycles. The summed E-state index contributed by atoms with van der Waals surface area (Å²) in [6, 6.07) is 16.6. The van der Waals surface area contributed by atoms with Gasteiger partial charge in [0.15, 0.2) is 5.82 Å². The van der Waals surface area contributed by atoms with Crippen LogP contribution in [0, 0.1) is 0 Å². The van der Waals surface area contributed by atoms with Crippen LogP contribution in [0.4, 0.5) is 5.95 Å². The first kappa shape index (κ1) is 19.5. The molecule has 0 fully saturated rings. The Labute approximate surface area is 176 Å². The van der Waals surface area contributed by atoms with Crippen LogP contribution in [-0.4, -0.2) is 54.8 Å². The first-order valence-electron chi connectivity index (χ1n) is 8.93. The monoisotopic (exact) mass is 421 g/mol. The van der Waals surface area contributed by atoms with Crippen LogP contribution in [0.5, 0.6) is 0 Å². The molecule has 0 atom stereocenters. The minimum Gasteiger partial charge on any atom is -0.480 e. The van der Waals surface area contributed by atoms with Gasteiger partial charge in [-0.2, -0.15) is 4.68 Å². The summed E-state index contributed by atoms with van der Waals surface area (Å²) < 4.78 is 1.60. The van der Waals surface area contributed by atoms with Crippen molar-refractivity contribution >= 4 is 23.5 Å². The van der Waals surface area contributed by atoms with Crippen molar-refractivity contribution in [3.63, 3.8) is 0 Å². The molecule has 0 radical (unpaired) electrons. The molecule has 0 amide bonds. The molecule has 0 aliphatic rings. The third kappa shape index (κ3) is 3.96. The molecule has 0 saturated carbocycles. The Morgan fingerprint density at radius 1 is 1.13 bits per heavy atom. The lowest BCUT2D eigenvalue weighted by Gasteiger charge is -2.17. The summed E-state index contributed by atoms with van der Waals surface area (Å²) in [5, 5.41) is 21.8. The predicted octanol–water partition coefficient (Wildman–Crippen LogP) is 2.96. The molecule has 10 heteroatoms. The van der Waals surface area contributed by atoms with E-state index in [-0.39, 0.29) is 12.5 Å². The lowest BCUT2D eigenvalue weighted by molar-refractivity contribution is -0.135. The van der Waals surface area contributed by atoms with E-state index in [1.54, 1.807) is 30.1 Å². The van der Waals surface area contributed by atoms with Crippen molar-refractivity contribution in [3.05, 3.63) is 65.8 Å². The van der Waals surface area contributed by atoms with Gasteiger partial charge in [-0.05, 0) is 34.7 Å². The molecule has 4 rings (SSSR count). The zero-order valence-electron chi connectivity index (χ0n) is 15.8. The summed E-state index contributed by atoms with van der Waals surface area (Å²) in [5.74, 6) is -0.255. The van der Waals surface area contributed by atoms with Crippen molar-refractivity contribution in [2.24, 2.45) is 0 Å². The van der Waals surface area contributed by atoms with Gasteiger partial charge in [-0.1, -0.05) is 41.9 Å². The van der Waals surface area contributed by atoms with Crippen molar-refractivity contribution in [1.82, 2.24) is 30.2 Å². The molecule has 9 nitrogen and oxygen atoms in total. The van der Waals surface area contributed by atoms with Gasteiger partial charge in [0.1, 0.15) is 6.54 Å². The molecule has 0 unspecified atom stereocenters. The van der Waals surface area contributed by atoms with Gasteiger partial charge in [0.05, 0.1) is 16.9 Å². The van der Waals surface area contributed by atoms with Crippen LogP contribution in [0.2, 0.25) is 5.02 Å². The highest BCUT2D eigenvalue weighted by Gasteiger charge is 2.20. The highest BCUT2D eigenvalue weighted by molar-refractivity contribution is 6.30. The Kier molecular flexibility index (Phi) is 5.36. The van der Waals surface area contributed by atoms with E-state index in [2.05, 4.69) is 25.5 Å². The molecule has 150 valence electrons. The van der Waals surface area contributed by atoms with Crippen LogP contribution in [0.3, 0.4) is 0 Å². The maximum atomic E-state index is 11.1. The van der Waals surface area contributed by atoms with E-state index in [0.717, 1.165) is 11.3 Å². The van der Waals surface area contributed by atoms with Gasteiger partial charge in [-0.15, -0.1) is 5.10 Å². The number of likely N-dealkylation sites (N-methyl/N-ethyl adjacent to an activating group) is 1. The van der Waals surface area contributed by atoms with E-state index in [9.17, 15) is 4.79 Å². The maximum Gasteiger partial charge on any atom is 0.323 e. The number of halogens is 1. The van der Waals surface area contributed by atoms with Crippen LogP contribution < -0.4 is 4.90 Å². The molecular formula is C20H16ClN7O2. The van der Waals surface area contributed by atoms with Crippen molar-refractivity contribution in [2.45, 2.75) is 0 Å². The average molecular weight is 422 g/mol. The number of rotatable bonds is 6. The molecule has 0 saturated heterocycles. The number of anilines is 1. The number of hydrogen-bond acceptors (Lipinski definition) is 7. The van der Waals surface area contributed by atoms with E-state index in [1.807, 2.05) is 42.5 Å². The number of aromatic nitrogens is 6. The summed E-state index contributed by atoms with van der Waals surface area (Å²) >= 11 is 6.04. The number of carbonyl (C=O) groups is 1. The Hall–Kier alpha value is -3.85. The Bertz CT molecular complexity index is 1180. The minimum atomic E-state index is -0.980. The van der Waals surface area contributed by atoms with Gasteiger partial charge in [-0.3, -0.25) is 4.79 Å². The van der Waals surface area contributed by atoms with Gasteiger partial charge in [0.2, 0.25) is 5.95 Å². The molecule has 0 aliphatic carbocycles. The zero-order valence-corrected chi connectivity index (χ0v) is 16.6. The number of aliphatic carboxylic acids is 1. The lowest BCUT2D eigenvalue weighted by Crippen LogP contribution is -2.27. The fourth-order valence-electron chi connectivity index (χ4n) is 2.92. The average Bonchev–Trinajstić information content (AvgIpc) is 3.24. The second-order valence-corrected chi connectivity index (χ2v) is 6.88. The van der Waals surface area contributed by atoms with Crippen molar-refractivity contribution < 1.29 is 9.90 Å². The standard InChI is InChI=1S/C20H16ClN7O2/c1-27(12-17(29)30)20-22-11-16(18(23-20)13-7-9-14(21)10-8-13)19-24-25-26-28(19)15-5-3-2-4-6-15/h2-11H,12H2,1H3,(H,29,30). The fraction of sp³-hybridized carbons (Fsp3) is 0.100. The quantitative estimate of drug-likeness (QED) is 0.506. The molecule has 1 N–H and O–H groups in total. The van der Waals surface area contributed by atoms with Gasteiger partial charge in [0.25, 0.3) is 0 Å². The Balaban J connectivity index is 1.87. The van der Waals surface area contributed by atoms with Crippen molar-refractivity contribution in [1.29, 1.82) is 0 Å². The molecule has 0 aliphatic heterocycles. The molecule has 0 spiro atoms. The predicted molar refractivity (Wildman–Crippen MR) is 112 cm³/mol. The summed E-state index contributed by atoms with van der Waals surface area (Å²) in [4.78, 5) is 21.5. The van der Waals surface area contributed by atoms with Crippen LogP contribution in [0.15, 0.2) is 60.8 Å². The van der Waals surface area contributed by atoms with Crippen LogP contribution in [0.1, 0.15) is 0 Å².